The zero-order valence-electron chi connectivity index (χ0n) is 9.24. The number of rotatable bonds is 2. The van der Waals surface area contributed by atoms with Crippen LogP contribution < -0.4 is 5.32 Å². The Labute approximate surface area is 98.5 Å². The maximum Gasteiger partial charge on any atom is 0.126 e. The summed E-state index contributed by atoms with van der Waals surface area (Å²) in [7, 11) is 0. The van der Waals surface area contributed by atoms with E-state index in [4.69, 9.17) is 5.26 Å². The van der Waals surface area contributed by atoms with Gasteiger partial charge >= 0.3 is 0 Å². The quantitative estimate of drug-likeness (QED) is 0.857. The lowest BCUT2D eigenvalue weighted by Gasteiger charge is -2.08. The van der Waals surface area contributed by atoms with E-state index >= 15 is 0 Å². The van der Waals surface area contributed by atoms with Gasteiger partial charge in [-0.2, -0.15) is 5.26 Å². The Morgan fingerprint density at radius 2 is 2.18 bits per heavy atom. The van der Waals surface area contributed by atoms with Crippen LogP contribution in [0.1, 0.15) is 11.1 Å². The SMILES string of the molecule is Cc1cc(Nc2cnccc2C#N)ccc1F. The molecule has 0 aliphatic heterocycles. The minimum atomic E-state index is -0.248. The summed E-state index contributed by atoms with van der Waals surface area (Å²) in [6.07, 6.45) is 3.12. The van der Waals surface area contributed by atoms with Crippen molar-refractivity contribution in [3.63, 3.8) is 0 Å². The highest BCUT2D eigenvalue weighted by atomic mass is 19.1. The molecule has 1 N–H and O–H groups in total. The molecular formula is C13H10FN3. The third kappa shape index (κ3) is 2.40. The fraction of sp³-hybridized carbons (Fsp3) is 0.0769. The lowest BCUT2D eigenvalue weighted by atomic mass is 10.2. The van der Waals surface area contributed by atoms with E-state index < -0.39 is 0 Å². The fourth-order valence-electron chi connectivity index (χ4n) is 1.47. The molecule has 2 aromatic rings. The maximum atomic E-state index is 13.1. The van der Waals surface area contributed by atoms with Crippen molar-refractivity contribution < 1.29 is 4.39 Å². The molecule has 0 fully saturated rings. The van der Waals surface area contributed by atoms with Crippen LogP contribution >= 0.6 is 0 Å². The van der Waals surface area contributed by atoms with Crippen molar-refractivity contribution in [1.82, 2.24) is 4.98 Å². The minimum Gasteiger partial charge on any atom is -0.353 e. The minimum absolute atomic E-state index is 0.248. The van der Waals surface area contributed by atoms with Crippen molar-refractivity contribution in [1.29, 1.82) is 5.26 Å². The monoisotopic (exact) mass is 227 g/mol. The molecule has 3 nitrogen and oxygen atoms in total. The number of aryl methyl sites for hydroxylation is 1. The van der Waals surface area contributed by atoms with E-state index in [1.807, 2.05) is 0 Å². The van der Waals surface area contributed by atoms with E-state index in [-0.39, 0.29) is 5.82 Å². The largest absolute Gasteiger partial charge is 0.353 e. The fourth-order valence-corrected chi connectivity index (χ4v) is 1.47. The molecule has 1 aromatic carbocycles. The lowest BCUT2D eigenvalue weighted by Crippen LogP contribution is -1.95. The summed E-state index contributed by atoms with van der Waals surface area (Å²) in [5, 5.41) is 12.0. The van der Waals surface area contributed by atoms with Crippen LogP contribution in [0.15, 0.2) is 36.7 Å². The Kier molecular flexibility index (Phi) is 3.01. The highest BCUT2D eigenvalue weighted by Crippen LogP contribution is 2.21. The van der Waals surface area contributed by atoms with Gasteiger partial charge in [-0.05, 0) is 36.8 Å². The van der Waals surface area contributed by atoms with Crippen LogP contribution in [0, 0.1) is 24.1 Å². The summed E-state index contributed by atoms with van der Waals surface area (Å²) < 4.78 is 13.1. The number of nitrogens with one attached hydrogen (secondary N) is 1. The van der Waals surface area contributed by atoms with Crippen LogP contribution in [0.3, 0.4) is 0 Å². The summed E-state index contributed by atoms with van der Waals surface area (Å²) in [6.45, 7) is 1.69. The van der Waals surface area contributed by atoms with Gasteiger partial charge in [0.2, 0.25) is 0 Å². The number of nitrogens with zero attached hydrogens (tertiary/aromatic N) is 2. The Morgan fingerprint density at radius 1 is 1.35 bits per heavy atom. The van der Waals surface area contributed by atoms with Crippen molar-refractivity contribution in [2.45, 2.75) is 6.92 Å². The second kappa shape index (κ2) is 4.62. The molecule has 0 atom stereocenters. The van der Waals surface area contributed by atoms with E-state index in [9.17, 15) is 4.39 Å². The number of aromatic nitrogens is 1. The molecule has 1 heterocycles. The average molecular weight is 227 g/mol. The Hall–Kier alpha value is -2.41. The van der Waals surface area contributed by atoms with Gasteiger partial charge in [-0.15, -0.1) is 0 Å². The van der Waals surface area contributed by atoms with E-state index in [2.05, 4.69) is 16.4 Å². The summed E-state index contributed by atoms with van der Waals surface area (Å²) in [4.78, 5) is 3.94. The van der Waals surface area contributed by atoms with Crippen molar-refractivity contribution >= 4 is 11.4 Å². The standard InChI is InChI=1S/C13H10FN3/c1-9-6-11(2-3-12(9)14)17-13-8-16-5-4-10(13)7-15/h2-6,8,17H,1H3. The Morgan fingerprint density at radius 3 is 2.88 bits per heavy atom. The highest BCUT2D eigenvalue weighted by Gasteiger charge is 2.03. The molecule has 17 heavy (non-hydrogen) atoms. The predicted molar refractivity (Wildman–Crippen MR) is 63.4 cm³/mol. The first kappa shape index (κ1) is 11.1. The van der Waals surface area contributed by atoms with Gasteiger partial charge in [0.05, 0.1) is 17.4 Å². The molecule has 84 valence electrons. The molecule has 0 radical (unpaired) electrons. The first-order valence-corrected chi connectivity index (χ1v) is 5.08. The van der Waals surface area contributed by atoms with Gasteiger partial charge in [0.25, 0.3) is 0 Å². The van der Waals surface area contributed by atoms with Gasteiger partial charge < -0.3 is 5.32 Å². The van der Waals surface area contributed by atoms with Crippen LogP contribution in [0.25, 0.3) is 0 Å². The summed E-state index contributed by atoms with van der Waals surface area (Å²) >= 11 is 0. The highest BCUT2D eigenvalue weighted by molar-refractivity contribution is 5.65. The summed E-state index contributed by atoms with van der Waals surface area (Å²) in [5.74, 6) is -0.248. The predicted octanol–water partition coefficient (Wildman–Crippen LogP) is 3.14. The summed E-state index contributed by atoms with van der Waals surface area (Å²) in [6, 6.07) is 8.38. The van der Waals surface area contributed by atoms with Crippen molar-refractivity contribution in [2.75, 3.05) is 5.32 Å². The van der Waals surface area contributed by atoms with Crippen LogP contribution in [0.2, 0.25) is 0 Å². The number of hydrogen-bond acceptors (Lipinski definition) is 3. The molecule has 0 saturated carbocycles. The van der Waals surface area contributed by atoms with Crippen molar-refractivity contribution in [2.24, 2.45) is 0 Å². The average Bonchev–Trinajstić information content (AvgIpc) is 2.34. The van der Waals surface area contributed by atoms with Crippen LogP contribution in [-0.2, 0) is 0 Å². The molecule has 0 aliphatic carbocycles. The Balaban J connectivity index is 2.32. The Bertz CT molecular complexity index is 587. The normalized spacial score (nSPS) is 9.71. The van der Waals surface area contributed by atoms with Crippen LogP contribution in [0.4, 0.5) is 15.8 Å². The molecule has 0 spiro atoms. The number of halogens is 1. The summed E-state index contributed by atoms with van der Waals surface area (Å²) in [5.41, 5.74) is 2.40. The zero-order chi connectivity index (χ0) is 12.3. The number of anilines is 2. The molecule has 0 aliphatic rings. The third-order valence-electron chi connectivity index (χ3n) is 2.38. The van der Waals surface area contributed by atoms with Gasteiger partial charge in [0, 0.05) is 11.9 Å². The first-order valence-electron chi connectivity index (χ1n) is 5.08. The van der Waals surface area contributed by atoms with Crippen LogP contribution in [-0.4, -0.2) is 4.98 Å². The third-order valence-corrected chi connectivity index (χ3v) is 2.38. The number of hydrogen-bond donors (Lipinski definition) is 1. The van der Waals surface area contributed by atoms with Gasteiger partial charge in [-0.25, -0.2) is 4.39 Å². The topological polar surface area (TPSA) is 48.7 Å². The number of pyridine rings is 1. The van der Waals surface area contributed by atoms with Gasteiger partial charge in [0.1, 0.15) is 11.9 Å². The van der Waals surface area contributed by atoms with E-state index in [1.165, 1.54) is 6.07 Å². The molecule has 1 aromatic heterocycles. The second-order valence-corrected chi connectivity index (χ2v) is 3.62. The molecule has 2 rings (SSSR count). The van der Waals surface area contributed by atoms with Gasteiger partial charge in [-0.3, -0.25) is 4.98 Å². The van der Waals surface area contributed by atoms with Gasteiger partial charge in [-0.1, -0.05) is 0 Å². The van der Waals surface area contributed by atoms with Crippen molar-refractivity contribution in [3.05, 3.63) is 53.6 Å². The molecular weight excluding hydrogens is 217 g/mol. The smallest absolute Gasteiger partial charge is 0.126 e. The van der Waals surface area contributed by atoms with Gasteiger partial charge in [0.15, 0.2) is 0 Å². The van der Waals surface area contributed by atoms with E-state index in [1.54, 1.807) is 37.5 Å². The van der Waals surface area contributed by atoms with Crippen LogP contribution in [0.5, 0.6) is 0 Å². The molecule has 0 saturated heterocycles. The van der Waals surface area contributed by atoms with E-state index in [0.717, 1.165) is 5.69 Å². The second-order valence-electron chi connectivity index (χ2n) is 3.62. The van der Waals surface area contributed by atoms with Crippen molar-refractivity contribution in [3.8, 4) is 6.07 Å². The lowest BCUT2D eigenvalue weighted by molar-refractivity contribution is 0.619. The number of benzene rings is 1. The molecule has 0 bridgehead atoms. The maximum absolute atomic E-state index is 13.1. The number of nitriles is 1. The zero-order valence-corrected chi connectivity index (χ0v) is 9.24. The van der Waals surface area contributed by atoms with E-state index in [0.29, 0.717) is 16.8 Å². The molecule has 0 amide bonds. The molecule has 0 unspecified atom stereocenters. The first-order chi connectivity index (χ1) is 8.20. The molecule has 4 heteroatoms.